The highest BCUT2D eigenvalue weighted by Gasteiger charge is 2.72. The molecule has 8 atom stereocenters. The van der Waals surface area contributed by atoms with E-state index >= 15 is 0 Å². The maximum atomic E-state index is 14.0. The third-order valence-corrected chi connectivity index (χ3v) is 9.28. The first-order chi connectivity index (χ1) is 18.6. The lowest BCUT2D eigenvalue weighted by molar-refractivity contribution is -0.142. The molecule has 3 aliphatic heterocycles. The van der Waals surface area contributed by atoms with Crippen molar-refractivity contribution in [3.8, 4) is 0 Å². The first-order valence-corrected chi connectivity index (χ1v) is 14.7. The first kappa shape index (κ1) is 28.1. The van der Waals surface area contributed by atoms with Gasteiger partial charge in [-0.1, -0.05) is 56.5 Å². The van der Waals surface area contributed by atoms with Crippen molar-refractivity contribution in [3.63, 3.8) is 0 Å². The van der Waals surface area contributed by atoms with Gasteiger partial charge in [0.05, 0.1) is 24.0 Å². The van der Waals surface area contributed by atoms with Crippen LogP contribution in [0.4, 0.5) is 5.69 Å². The van der Waals surface area contributed by atoms with E-state index in [0.29, 0.717) is 42.1 Å². The molecule has 1 aromatic carbocycles. The van der Waals surface area contributed by atoms with Gasteiger partial charge < -0.3 is 25.0 Å². The van der Waals surface area contributed by atoms with E-state index in [1.165, 1.54) is 0 Å². The lowest BCUT2D eigenvalue weighted by Gasteiger charge is -2.38. The van der Waals surface area contributed by atoms with Gasteiger partial charge in [0.25, 0.3) is 0 Å². The summed E-state index contributed by atoms with van der Waals surface area (Å²) in [5, 5.41) is 6.70. The standard InChI is InChI=1S/C30H40ClN3O5/c1-17(2)38-15-7-14-34-26(28(36)33-22-11-5-8-18(3)19(22)4)30-13-12-23(39-30)24(25(30)29(34)37)27(35)32-21-10-6-9-20(31)16-21/h6,9-10,12-13,16-19,22-26H,5,7-8,11,14-15H2,1-4H3,(H,32,35)(H,33,36)/t18-,19-,22-,23+,24-,25+,26+,30+/m1/s1. The molecule has 0 unspecified atom stereocenters. The van der Waals surface area contributed by atoms with E-state index in [-0.39, 0.29) is 29.9 Å². The van der Waals surface area contributed by atoms with Crippen LogP contribution in [0.1, 0.15) is 53.4 Å². The van der Waals surface area contributed by atoms with Gasteiger partial charge in [-0.2, -0.15) is 0 Å². The lowest BCUT2D eigenvalue weighted by atomic mass is 9.73. The van der Waals surface area contributed by atoms with Crippen LogP contribution in [0.5, 0.6) is 0 Å². The van der Waals surface area contributed by atoms with Gasteiger partial charge in [0.15, 0.2) is 0 Å². The summed E-state index contributed by atoms with van der Waals surface area (Å²) in [6, 6.07) is 6.11. The van der Waals surface area contributed by atoms with Crippen molar-refractivity contribution in [2.24, 2.45) is 23.7 Å². The smallest absolute Gasteiger partial charge is 0.246 e. The van der Waals surface area contributed by atoms with Crippen molar-refractivity contribution < 1.29 is 23.9 Å². The van der Waals surface area contributed by atoms with E-state index in [1.807, 2.05) is 26.0 Å². The molecule has 3 heterocycles. The molecule has 2 N–H and O–H groups in total. The minimum absolute atomic E-state index is 0.0439. The van der Waals surface area contributed by atoms with Gasteiger partial charge in [0.1, 0.15) is 11.6 Å². The monoisotopic (exact) mass is 557 g/mol. The third-order valence-electron chi connectivity index (χ3n) is 9.05. The largest absolute Gasteiger partial charge is 0.379 e. The maximum absolute atomic E-state index is 14.0. The first-order valence-electron chi connectivity index (χ1n) is 14.3. The molecule has 4 aliphatic rings. The second kappa shape index (κ2) is 11.2. The number of halogens is 1. The average molecular weight is 558 g/mol. The number of ether oxygens (including phenoxy) is 2. The Morgan fingerprint density at radius 1 is 1.23 bits per heavy atom. The second-order valence-electron chi connectivity index (χ2n) is 11.9. The Kier molecular flexibility index (Phi) is 8.09. The molecule has 212 valence electrons. The number of nitrogens with zero attached hydrogens (tertiary/aromatic N) is 1. The van der Waals surface area contributed by atoms with Crippen LogP contribution in [-0.2, 0) is 23.9 Å². The number of nitrogens with one attached hydrogen (secondary N) is 2. The Labute approximate surface area is 235 Å². The van der Waals surface area contributed by atoms with Gasteiger partial charge in [-0.25, -0.2) is 0 Å². The number of hydrogen-bond acceptors (Lipinski definition) is 5. The van der Waals surface area contributed by atoms with Crippen molar-refractivity contribution in [2.75, 3.05) is 18.5 Å². The van der Waals surface area contributed by atoms with Crippen LogP contribution in [0.2, 0.25) is 5.02 Å². The molecule has 8 nitrogen and oxygen atoms in total. The van der Waals surface area contributed by atoms with E-state index in [9.17, 15) is 14.4 Å². The molecule has 1 aliphatic carbocycles. The molecule has 5 rings (SSSR count). The SMILES string of the molecule is CC(C)OCCCN1C(=O)[C@@H]2[C@H](C(=O)Nc3cccc(Cl)c3)[C@@H]3C=C[C@@]2(O3)[C@@H]1C(=O)N[C@@H]1CCC[C@@H](C)[C@H]1C. The molecule has 3 amide bonds. The summed E-state index contributed by atoms with van der Waals surface area (Å²) < 4.78 is 12.2. The predicted molar refractivity (Wildman–Crippen MR) is 149 cm³/mol. The zero-order chi connectivity index (χ0) is 27.9. The number of fused-ring (bicyclic) bond motifs is 1. The predicted octanol–water partition coefficient (Wildman–Crippen LogP) is 4.19. The van der Waals surface area contributed by atoms with Crippen LogP contribution in [0.3, 0.4) is 0 Å². The Morgan fingerprint density at radius 2 is 2.03 bits per heavy atom. The Bertz CT molecular complexity index is 1140. The number of carbonyl (C=O) groups is 3. The normalized spacial score (nSPS) is 35.0. The average Bonchev–Trinajstić information content (AvgIpc) is 3.52. The van der Waals surface area contributed by atoms with Gasteiger partial charge in [-0.15, -0.1) is 0 Å². The van der Waals surface area contributed by atoms with Crippen molar-refractivity contribution in [2.45, 2.75) is 83.3 Å². The van der Waals surface area contributed by atoms with Crippen LogP contribution in [0.25, 0.3) is 0 Å². The molecule has 1 saturated carbocycles. The zero-order valence-corrected chi connectivity index (χ0v) is 23.9. The number of carbonyl (C=O) groups excluding carboxylic acids is 3. The van der Waals surface area contributed by atoms with Gasteiger partial charge in [-0.05, 0) is 56.7 Å². The van der Waals surface area contributed by atoms with E-state index < -0.39 is 29.6 Å². The summed E-state index contributed by atoms with van der Waals surface area (Å²) in [7, 11) is 0. The minimum Gasteiger partial charge on any atom is -0.379 e. The number of anilines is 1. The third kappa shape index (κ3) is 5.23. The molecule has 2 saturated heterocycles. The molecule has 39 heavy (non-hydrogen) atoms. The van der Waals surface area contributed by atoms with E-state index in [2.05, 4.69) is 24.5 Å². The molecule has 9 heteroatoms. The molecule has 1 aromatic rings. The Morgan fingerprint density at radius 3 is 2.77 bits per heavy atom. The number of hydrogen-bond donors (Lipinski definition) is 2. The fraction of sp³-hybridized carbons (Fsp3) is 0.633. The highest BCUT2D eigenvalue weighted by molar-refractivity contribution is 6.30. The van der Waals surface area contributed by atoms with Gasteiger partial charge in [0, 0.05) is 29.9 Å². The number of likely N-dealkylation sites (tertiary alicyclic amines) is 1. The number of benzene rings is 1. The molecular weight excluding hydrogens is 518 g/mol. The number of rotatable bonds is 9. The van der Waals surface area contributed by atoms with E-state index in [4.69, 9.17) is 21.1 Å². The Hall–Kier alpha value is -2.42. The second-order valence-corrected chi connectivity index (χ2v) is 12.3. The highest BCUT2D eigenvalue weighted by Crippen LogP contribution is 2.55. The molecule has 3 fully saturated rings. The van der Waals surface area contributed by atoms with Crippen LogP contribution in [0, 0.1) is 23.7 Å². The van der Waals surface area contributed by atoms with Gasteiger partial charge in [0.2, 0.25) is 17.7 Å². The summed E-state index contributed by atoms with van der Waals surface area (Å²) in [5.41, 5.74) is -0.624. The quantitative estimate of drug-likeness (QED) is 0.351. The topological polar surface area (TPSA) is 97.0 Å². The van der Waals surface area contributed by atoms with Crippen molar-refractivity contribution in [3.05, 3.63) is 41.4 Å². The molecule has 0 aromatic heterocycles. The molecule has 0 radical (unpaired) electrons. The van der Waals surface area contributed by atoms with Crippen molar-refractivity contribution in [1.29, 1.82) is 0 Å². The fourth-order valence-electron chi connectivity index (χ4n) is 6.90. The fourth-order valence-corrected chi connectivity index (χ4v) is 7.09. The minimum atomic E-state index is -1.18. The molecule has 1 spiro atoms. The summed E-state index contributed by atoms with van der Waals surface area (Å²) in [5.74, 6) is -1.41. The van der Waals surface area contributed by atoms with Crippen LogP contribution in [0.15, 0.2) is 36.4 Å². The van der Waals surface area contributed by atoms with Gasteiger partial charge in [-0.3, -0.25) is 14.4 Å². The summed E-state index contributed by atoms with van der Waals surface area (Å²) in [6.45, 7) is 9.17. The highest BCUT2D eigenvalue weighted by atomic mass is 35.5. The van der Waals surface area contributed by atoms with Crippen molar-refractivity contribution >= 4 is 35.0 Å². The van der Waals surface area contributed by atoms with Crippen LogP contribution >= 0.6 is 11.6 Å². The van der Waals surface area contributed by atoms with Crippen molar-refractivity contribution in [1.82, 2.24) is 10.2 Å². The summed E-state index contributed by atoms with van der Waals surface area (Å²) >= 11 is 6.11. The van der Waals surface area contributed by atoms with E-state index in [0.717, 1.165) is 19.3 Å². The lowest BCUT2D eigenvalue weighted by Crippen LogP contribution is -2.58. The van der Waals surface area contributed by atoms with E-state index in [1.54, 1.807) is 29.2 Å². The molecular formula is C30H40ClN3O5. The number of amides is 3. The van der Waals surface area contributed by atoms with Crippen LogP contribution < -0.4 is 10.6 Å². The zero-order valence-electron chi connectivity index (χ0n) is 23.2. The maximum Gasteiger partial charge on any atom is 0.246 e. The molecule has 2 bridgehead atoms. The van der Waals surface area contributed by atoms with Crippen LogP contribution in [-0.4, -0.2) is 65.7 Å². The summed E-state index contributed by atoms with van der Waals surface area (Å²) in [4.78, 5) is 43.2. The Balaban J connectivity index is 1.41. The van der Waals surface area contributed by atoms with Gasteiger partial charge >= 0.3 is 0 Å². The summed E-state index contributed by atoms with van der Waals surface area (Å²) in [6.07, 6.45) is 6.91.